The molecule has 1 aromatic heterocycles. The van der Waals surface area contributed by atoms with Crippen LogP contribution in [0.4, 0.5) is 5.69 Å². The third-order valence-corrected chi connectivity index (χ3v) is 4.36. The Balaban J connectivity index is 2.24. The highest BCUT2D eigenvalue weighted by molar-refractivity contribution is 7.99. The van der Waals surface area contributed by atoms with Gasteiger partial charge < -0.3 is 4.90 Å². The molecule has 0 saturated heterocycles. The summed E-state index contributed by atoms with van der Waals surface area (Å²) in [6.07, 6.45) is 1.72. The topological polar surface area (TPSA) is 57.0 Å². The maximum atomic E-state index is 12.8. The molecule has 0 saturated carbocycles. The molecule has 1 aliphatic heterocycles. The molecule has 2 heterocycles. The minimum Gasteiger partial charge on any atom is -0.303 e. The number of nitriles is 1. The lowest BCUT2D eigenvalue weighted by atomic mass is 10.1. The van der Waals surface area contributed by atoms with Crippen LogP contribution in [0.15, 0.2) is 46.5 Å². The standard InChI is InChI=1S/C16H13N3OS/c1-10(2)19-13-4-3-7-18-15(13)21-14-8-11(9-17)5-6-12(14)16(19)20/h3-8,10H,1-2H3. The fraction of sp³-hybridized carbons (Fsp3) is 0.188. The third kappa shape index (κ3) is 2.28. The summed E-state index contributed by atoms with van der Waals surface area (Å²) in [7, 11) is 0. The summed E-state index contributed by atoms with van der Waals surface area (Å²) in [6.45, 7) is 3.96. The van der Waals surface area contributed by atoms with Crippen molar-refractivity contribution < 1.29 is 4.79 Å². The highest BCUT2D eigenvalue weighted by atomic mass is 32.2. The van der Waals surface area contributed by atoms with Crippen molar-refractivity contribution >= 4 is 23.4 Å². The first kappa shape index (κ1) is 13.7. The molecule has 0 atom stereocenters. The Morgan fingerprint density at radius 1 is 1.33 bits per heavy atom. The first-order valence-corrected chi connectivity index (χ1v) is 7.44. The number of carbonyl (C=O) groups is 1. The van der Waals surface area contributed by atoms with Gasteiger partial charge in [-0.3, -0.25) is 4.79 Å². The summed E-state index contributed by atoms with van der Waals surface area (Å²) in [5.74, 6) is -0.0521. The van der Waals surface area contributed by atoms with Crippen LogP contribution in [-0.4, -0.2) is 16.9 Å². The van der Waals surface area contributed by atoms with E-state index in [1.807, 2.05) is 26.0 Å². The number of benzene rings is 1. The van der Waals surface area contributed by atoms with Crippen LogP contribution in [0.25, 0.3) is 0 Å². The first-order valence-electron chi connectivity index (χ1n) is 6.62. The number of fused-ring (bicyclic) bond motifs is 2. The molecule has 0 radical (unpaired) electrons. The van der Waals surface area contributed by atoms with Crippen molar-refractivity contribution in [3.8, 4) is 6.07 Å². The first-order chi connectivity index (χ1) is 10.1. The molecule has 0 aliphatic carbocycles. The second kappa shape index (κ2) is 5.23. The fourth-order valence-electron chi connectivity index (χ4n) is 2.35. The molecule has 3 rings (SSSR count). The van der Waals surface area contributed by atoms with Crippen LogP contribution in [0.5, 0.6) is 0 Å². The third-order valence-electron chi connectivity index (χ3n) is 3.29. The summed E-state index contributed by atoms with van der Waals surface area (Å²) < 4.78 is 0. The normalized spacial score (nSPS) is 13.4. The van der Waals surface area contributed by atoms with Crippen molar-refractivity contribution in [1.29, 1.82) is 5.26 Å². The smallest absolute Gasteiger partial charge is 0.259 e. The molecule has 1 amide bonds. The number of rotatable bonds is 1. The summed E-state index contributed by atoms with van der Waals surface area (Å²) in [4.78, 5) is 19.8. The summed E-state index contributed by atoms with van der Waals surface area (Å²) in [6, 6.07) is 11.0. The van der Waals surface area contributed by atoms with E-state index in [1.165, 1.54) is 11.8 Å². The quantitative estimate of drug-likeness (QED) is 0.808. The number of carbonyl (C=O) groups excluding carboxylic acids is 1. The van der Waals surface area contributed by atoms with Crippen molar-refractivity contribution in [3.63, 3.8) is 0 Å². The fourth-order valence-corrected chi connectivity index (χ4v) is 3.40. The van der Waals surface area contributed by atoms with Crippen molar-refractivity contribution in [2.75, 3.05) is 4.90 Å². The average molecular weight is 295 g/mol. The maximum Gasteiger partial charge on any atom is 0.259 e. The second-order valence-corrected chi connectivity index (χ2v) is 6.05. The van der Waals surface area contributed by atoms with Crippen molar-refractivity contribution in [2.45, 2.75) is 29.8 Å². The number of pyridine rings is 1. The van der Waals surface area contributed by atoms with E-state index in [0.29, 0.717) is 11.1 Å². The molecule has 104 valence electrons. The molecule has 21 heavy (non-hydrogen) atoms. The lowest BCUT2D eigenvalue weighted by Gasteiger charge is -2.26. The van der Waals surface area contributed by atoms with Crippen LogP contribution in [-0.2, 0) is 0 Å². The SMILES string of the molecule is CC(C)N1C(=O)c2ccc(C#N)cc2Sc2ncccc21. The largest absolute Gasteiger partial charge is 0.303 e. The van der Waals surface area contributed by atoms with E-state index >= 15 is 0 Å². The monoisotopic (exact) mass is 295 g/mol. The molecule has 1 aliphatic rings. The van der Waals surface area contributed by atoms with Gasteiger partial charge in [-0.1, -0.05) is 11.8 Å². The highest BCUT2D eigenvalue weighted by Gasteiger charge is 2.29. The van der Waals surface area contributed by atoms with E-state index in [0.717, 1.165) is 15.6 Å². The Bertz CT molecular complexity index is 764. The van der Waals surface area contributed by atoms with Crippen LogP contribution in [0.1, 0.15) is 29.8 Å². The number of amides is 1. The van der Waals surface area contributed by atoms with Crippen LogP contribution in [0, 0.1) is 11.3 Å². The van der Waals surface area contributed by atoms with Crippen LogP contribution in [0.3, 0.4) is 0 Å². The number of hydrogen-bond donors (Lipinski definition) is 0. The number of aromatic nitrogens is 1. The zero-order valence-electron chi connectivity index (χ0n) is 11.7. The van der Waals surface area contributed by atoms with Crippen molar-refractivity contribution in [2.24, 2.45) is 0 Å². The molecule has 0 unspecified atom stereocenters. The van der Waals surface area contributed by atoms with E-state index in [4.69, 9.17) is 5.26 Å². The van der Waals surface area contributed by atoms with Crippen molar-refractivity contribution in [3.05, 3.63) is 47.7 Å². The number of nitrogens with zero attached hydrogens (tertiary/aromatic N) is 3. The highest BCUT2D eigenvalue weighted by Crippen LogP contribution is 2.40. The van der Waals surface area contributed by atoms with Gasteiger partial charge in [0.05, 0.1) is 22.9 Å². The van der Waals surface area contributed by atoms with Gasteiger partial charge in [-0.25, -0.2) is 4.98 Å². The van der Waals surface area contributed by atoms with Gasteiger partial charge in [-0.05, 0) is 44.2 Å². The Kier molecular flexibility index (Phi) is 3.40. The molecule has 0 bridgehead atoms. The Morgan fingerprint density at radius 3 is 2.86 bits per heavy atom. The van der Waals surface area contributed by atoms with E-state index in [2.05, 4.69) is 11.1 Å². The van der Waals surface area contributed by atoms with Gasteiger partial charge in [-0.2, -0.15) is 5.26 Å². The second-order valence-electron chi connectivity index (χ2n) is 5.02. The lowest BCUT2D eigenvalue weighted by molar-refractivity contribution is 0.0977. The van der Waals surface area contributed by atoms with E-state index in [-0.39, 0.29) is 11.9 Å². The van der Waals surface area contributed by atoms with Crippen LogP contribution >= 0.6 is 11.8 Å². The van der Waals surface area contributed by atoms with Gasteiger partial charge in [0.1, 0.15) is 5.03 Å². The summed E-state index contributed by atoms with van der Waals surface area (Å²) >= 11 is 1.43. The minimum atomic E-state index is -0.0521. The maximum absolute atomic E-state index is 12.8. The van der Waals surface area contributed by atoms with Gasteiger partial charge in [-0.15, -0.1) is 0 Å². The van der Waals surface area contributed by atoms with E-state index < -0.39 is 0 Å². The summed E-state index contributed by atoms with van der Waals surface area (Å²) in [5, 5.41) is 9.83. The minimum absolute atomic E-state index is 0.0302. The van der Waals surface area contributed by atoms with Gasteiger partial charge >= 0.3 is 0 Å². The van der Waals surface area contributed by atoms with Crippen LogP contribution in [0.2, 0.25) is 0 Å². The molecular formula is C16H13N3OS. The molecule has 0 N–H and O–H groups in total. The molecule has 0 spiro atoms. The van der Waals surface area contributed by atoms with Gasteiger partial charge in [0.2, 0.25) is 0 Å². The predicted octanol–water partition coefficient (Wildman–Crippen LogP) is 3.47. The molecule has 2 aromatic rings. The average Bonchev–Trinajstić information content (AvgIpc) is 2.60. The zero-order chi connectivity index (χ0) is 15.0. The molecule has 1 aromatic carbocycles. The Labute approximate surface area is 127 Å². The molecule has 5 heteroatoms. The number of anilines is 1. The van der Waals surface area contributed by atoms with Gasteiger partial charge in [0.25, 0.3) is 5.91 Å². The van der Waals surface area contributed by atoms with Crippen LogP contribution < -0.4 is 4.90 Å². The Morgan fingerprint density at radius 2 is 2.14 bits per heavy atom. The van der Waals surface area contributed by atoms with Crippen molar-refractivity contribution in [1.82, 2.24) is 4.98 Å². The van der Waals surface area contributed by atoms with E-state index in [9.17, 15) is 4.79 Å². The van der Waals surface area contributed by atoms with Gasteiger partial charge in [0, 0.05) is 17.1 Å². The summed E-state index contributed by atoms with van der Waals surface area (Å²) in [5.41, 5.74) is 1.98. The molecule has 4 nitrogen and oxygen atoms in total. The lowest BCUT2D eigenvalue weighted by Crippen LogP contribution is -2.37. The zero-order valence-corrected chi connectivity index (χ0v) is 12.5. The predicted molar refractivity (Wildman–Crippen MR) is 81.5 cm³/mol. The molecular weight excluding hydrogens is 282 g/mol. The Hall–Kier alpha value is -2.32. The van der Waals surface area contributed by atoms with Gasteiger partial charge in [0.15, 0.2) is 0 Å². The number of hydrogen-bond acceptors (Lipinski definition) is 4. The van der Waals surface area contributed by atoms with E-state index in [1.54, 1.807) is 29.3 Å². The molecule has 0 fully saturated rings.